The molecule has 1 amide bonds. The van der Waals surface area contributed by atoms with E-state index in [0.29, 0.717) is 5.69 Å². The van der Waals surface area contributed by atoms with Crippen LogP contribution in [0, 0.1) is 6.92 Å². The van der Waals surface area contributed by atoms with Crippen molar-refractivity contribution in [1.82, 2.24) is 15.0 Å². The monoisotopic (exact) mass is 381 g/mol. The van der Waals surface area contributed by atoms with Gasteiger partial charge in [0.25, 0.3) is 0 Å². The molecule has 6 nitrogen and oxygen atoms in total. The minimum Gasteiger partial charge on any atom is -0.368 e. The van der Waals surface area contributed by atoms with Gasteiger partial charge in [-0.25, -0.2) is 9.97 Å². The molecule has 0 spiro atoms. The Morgan fingerprint density at radius 1 is 1.03 bits per heavy atom. The second kappa shape index (κ2) is 7.52. The summed E-state index contributed by atoms with van der Waals surface area (Å²) in [5.41, 5.74) is 12.0. The van der Waals surface area contributed by atoms with Crippen molar-refractivity contribution in [2.45, 2.75) is 6.92 Å². The Balaban J connectivity index is 1.91. The number of anilines is 2. The van der Waals surface area contributed by atoms with Crippen LogP contribution in [0.4, 0.5) is 11.6 Å². The molecule has 2 heterocycles. The van der Waals surface area contributed by atoms with Gasteiger partial charge in [0.1, 0.15) is 0 Å². The molecule has 0 aliphatic rings. The van der Waals surface area contributed by atoms with Crippen molar-refractivity contribution in [1.29, 1.82) is 0 Å². The predicted octanol–water partition coefficient (Wildman–Crippen LogP) is 4.37. The summed E-state index contributed by atoms with van der Waals surface area (Å²) in [7, 11) is 0. The Kier molecular flexibility index (Phi) is 4.75. The Morgan fingerprint density at radius 3 is 2.66 bits per heavy atom. The van der Waals surface area contributed by atoms with E-state index >= 15 is 0 Å². The van der Waals surface area contributed by atoms with E-state index < -0.39 is 0 Å². The SMILES string of the molecule is C=CC(=O)Nc1cccc(-c2cc(-c3ccc(C)nc3)cc3cnc(N)nc23)c1. The average molecular weight is 381 g/mol. The second-order valence-corrected chi connectivity index (χ2v) is 6.65. The maximum atomic E-state index is 11.7. The molecule has 3 N–H and O–H groups in total. The van der Waals surface area contributed by atoms with Crippen LogP contribution in [-0.4, -0.2) is 20.9 Å². The van der Waals surface area contributed by atoms with Gasteiger partial charge in [-0.05, 0) is 54.5 Å². The van der Waals surface area contributed by atoms with Crippen LogP contribution in [0.5, 0.6) is 0 Å². The number of aromatic nitrogens is 3. The standard InChI is InChI=1S/C23H19N5O/c1-3-21(29)27-19-6-4-5-15(10-19)20-11-17(16-8-7-14(2)25-12-16)9-18-13-26-23(24)28-22(18)20/h3-13H,1H2,2H3,(H,27,29)(H2,24,26,28). The zero-order valence-electron chi connectivity index (χ0n) is 15.9. The third kappa shape index (κ3) is 3.82. The predicted molar refractivity (Wildman–Crippen MR) is 116 cm³/mol. The topological polar surface area (TPSA) is 93.8 Å². The van der Waals surface area contributed by atoms with Crippen molar-refractivity contribution in [3.05, 3.63) is 79.3 Å². The number of nitrogens with two attached hydrogens (primary N) is 1. The summed E-state index contributed by atoms with van der Waals surface area (Å²) < 4.78 is 0. The summed E-state index contributed by atoms with van der Waals surface area (Å²) in [6.07, 6.45) is 4.80. The van der Waals surface area contributed by atoms with E-state index in [-0.39, 0.29) is 11.9 Å². The fraction of sp³-hybridized carbons (Fsp3) is 0.0435. The summed E-state index contributed by atoms with van der Waals surface area (Å²) in [5.74, 6) is -0.0577. The van der Waals surface area contributed by atoms with Crippen LogP contribution in [0.3, 0.4) is 0 Å². The number of carbonyl (C=O) groups is 1. The van der Waals surface area contributed by atoms with Crippen LogP contribution >= 0.6 is 0 Å². The van der Waals surface area contributed by atoms with E-state index in [1.54, 1.807) is 6.20 Å². The lowest BCUT2D eigenvalue weighted by molar-refractivity contribution is -0.111. The van der Waals surface area contributed by atoms with Crippen LogP contribution in [0.15, 0.2) is 73.6 Å². The van der Waals surface area contributed by atoms with Gasteiger partial charge >= 0.3 is 0 Å². The van der Waals surface area contributed by atoms with Gasteiger partial charge in [0, 0.05) is 40.3 Å². The first-order valence-electron chi connectivity index (χ1n) is 9.06. The number of rotatable bonds is 4. The van der Waals surface area contributed by atoms with Crippen LogP contribution in [0.25, 0.3) is 33.2 Å². The molecule has 2 aromatic carbocycles. The summed E-state index contributed by atoms with van der Waals surface area (Å²) in [6.45, 7) is 5.44. The third-order valence-corrected chi connectivity index (χ3v) is 4.57. The Labute approximate surface area is 168 Å². The molecule has 4 rings (SSSR count). The van der Waals surface area contributed by atoms with Crippen molar-refractivity contribution in [2.75, 3.05) is 11.1 Å². The first kappa shape index (κ1) is 18.3. The van der Waals surface area contributed by atoms with Gasteiger partial charge in [0.05, 0.1) is 5.52 Å². The number of nitrogen functional groups attached to an aromatic ring is 1. The molecule has 0 aliphatic carbocycles. The summed E-state index contributed by atoms with van der Waals surface area (Å²) in [6, 6.07) is 15.6. The van der Waals surface area contributed by atoms with Crippen molar-refractivity contribution < 1.29 is 4.79 Å². The van der Waals surface area contributed by atoms with Crippen LogP contribution < -0.4 is 11.1 Å². The van der Waals surface area contributed by atoms with Crippen molar-refractivity contribution in [2.24, 2.45) is 0 Å². The van der Waals surface area contributed by atoms with Crippen LogP contribution in [-0.2, 0) is 4.79 Å². The molecule has 4 aromatic rings. The van der Waals surface area contributed by atoms with Gasteiger partial charge in [0.2, 0.25) is 11.9 Å². The molecule has 0 saturated heterocycles. The third-order valence-electron chi connectivity index (χ3n) is 4.57. The molecule has 0 bridgehead atoms. The quantitative estimate of drug-likeness (QED) is 0.512. The fourth-order valence-corrected chi connectivity index (χ4v) is 3.14. The number of carbonyl (C=O) groups excluding carboxylic acids is 1. The highest BCUT2D eigenvalue weighted by Crippen LogP contribution is 2.34. The van der Waals surface area contributed by atoms with E-state index in [9.17, 15) is 4.79 Å². The largest absolute Gasteiger partial charge is 0.368 e. The van der Waals surface area contributed by atoms with Crippen LogP contribution in [0.1, 0.15) is 5.69 Å². The zero-order valence-corrected chi connectivity index (χ0v) is 15.9. The lowest BCUT2D eigenvalue weighted by Crippen LogP contribution is -2.07. The Hall–Kier alpha value is -4.06. The maximum Gasteiger partial charge on any atom is 0.247 e. The lowest BCUT2D eigenvalue weighted by atomic mass is 9.96. The molecule has 0 fully saturated rings. The lowest BCUT2D eigenvalue weighted by Gasteiger charge is -2.12. The second-order valence-electron chi connectivity index (χ2n) is 6.65. The molecule has 2 aromatic heterocycles. The van der Waals surface area contributed by atoms with E-state index in [0.717, 1.165) is 38.9 Å². The van der Waals surface area contributed by atoms with E-state index in [2.05, 4.69) is 32.9 Å². The maximum absolute atomic E-state index is 11.7. The fourth-order valence-electron chi connectivity index (χ4n) is 3.14. The molecular formula is C23H19N5O. The minimum absolute atomic E-state index is 0.208. The molecule has 0 atom stereocenters. The minimum atomic E-state index is -0.266. The highest BCUT2D eigenvalue weighted by atomic mass is 16.1. The van der Waals surface area contributed by atoms with E-state index in [1.165, 1.54) is 6.08 Å². The number of nitrogens with zero attached hydrogens (tertiary/aromatic N) is 3. The van der Waals surface area contributed by atoms with Gasteiger partial charge in [-0.1, -0.05) is 24.8 Å². The van der Waals surface area contributed by atoms with Gasteiger partial charge < -0.3 is 11.1 Å². The molecule has 142 valence electrons. The van der Waals surface area contributed by atoms with Crippen molar-refractivity contribution in [3.63, 3.8) is 0 Å². The number of amides is 1. The van der Waals surface area contributed by atoms with Gasteiger partial charge in [-0.3, -0.25) is 9.78 Å². The molecule has 0 unspecified atom stereocenters. The highest BCUT2D eigenvalue weighted by Gasteiger charge is 2.12. The first-order chi connectivity index (χ1) is 14.0. The van der Waals surface area contributed by atoms with E-state index in [1.807, 2.05) is 55.6 Å². The Morgan fingerprint density at radius 2 is 1.90 bits per heavy atom. The Bertz CT molecular complexity index is 1230. The average Bonchev–Trinajstić information content (AvgIpc) is 2.73. The summed E-state index contributed by atoms with van der Waals surface area (Å²) in [5, 5.41) is 3.66. The smallest absolute Gasteiger partial charge is 0.247 e. The van der Waals surface area contributed by atoms with Crippen molar-refractivity contribution in [3.8, 4) is 22.3 Å². The zero-order chi connectivity index (χ0) is 20.4. The number of nitrogens with one attached hydrogen (secondary N) is 1. The number of hydrogen-bond donors (Lipinski definition) is 2. The molecular weight excluding hydrogens is 362 g/mol. The summed E-state index contributed by atoms with van der Waals surface area (Å²) in [4.78, 5) is 24.7. The highest BCUT2D eigenvalue weighted by molar-refractivity contribution is 6.01. The normalized spacial score (nSPS) is 10.7. The van der Waals surface area contributed by atoms with Gasteiger partial charge in [-0.2, -0.15) is 0 Å². The van der Waals surface area contributed by atoms with Crippen molar-refractivity contribution >= 4 is 28.4 Å². The summed E-state index contributed by atoms with van der Waals surface area (Å²) >= 11 is 0. The van der Waals surface area contributed by atoms with Crippen LogP contribution in [0.2, 0.25) is 0 Å². The number of benzene rings is 2. The molecule has 0 saturated carbocycles. The van der Waals surface area contributed by atoms with Gasteiger partial charge in [0.15, 0.2) is 0 Å². The first-order valence-corrected chi connectivity index (χ1v) is 9.06. The number of pyridine rings is 1. The molecule has 29 heavy (non-hydrogen) atoms. The molecule has 6 heteroatoms. The van der Waals surface area contributed by atoms with Gasteiger partial charge in [-0.15, -0.1) is 0 Å². The number of aryl methyl sites for hydroxylation is 1. The number of fused-ring (bicyclic) bond motifs is 1. The van der Waals surface area contributed by atoms with E-state index in [4.69, 9.17) is 5.73 Å². The number of hydrogen-bond acceptors (Lipinski definition) is 5. The molecule has 0 aliphatic heterocycles. The molecule has 0 radical (unpaired) electrons.